The third-order valence-corrected chi connectivity index (χ3v) is 3.58. The highest BCUT2D eigenvalue weighted by molar-refractivity contribution is 5.74. The average Bonchev–Trinajstić information content (AvgIpc) is 2.46. The van der Waals surface area contributed by atoms with E-state index in [1.165, 1.54) is 6.07 Å². The molecule has 0 aliphatic carbocycles. The molecule has 0 heterocycles. The van der Waals surface area contributed by atoms with Crippen molar-refractivity contribution in [3.8, 4) is 0 Å². The number of hydrogen-bond donors (Lipinski definition) is 3. The summed E-state index contributed by atoms with van der Waals surface area (Å²) in [7, 11) is 0. The molecule has 0 aliphatic rings. The van der Waals surface area contributed by atoms with Gasteiger partial charge < -0.3 is 15.7 Å². The summed E-state index contributed by atoms with van der Waals surface area (Å²) in [6.07, 6.45) is 1.21. The van der Waals surface area contributed by atoms with Gasteiger partial charge in [0.15, 0.2) is 0 Å². The lowest BCUT2D eigenvalue weighted by molar-refractivity contribution is -0.385. The first kappa shape index (κ1) is 17.9. The number of aryl methyl sites for hydroxylation is 1. The number of rotatable bonds is 7. The van der Waals surface area contributed by atoms with Crippen molar-refractivity contribution in [3.63, 3.8) is 0 Å². The van der Waals surface area contributed by atoms with Crippen LogP contribution in [0.5, 0.6) is 0 Å². The number of nitrogens with zero attached hydrogens (tertiary/aromatic N) is 1. The third-order valence-electron chi connectivity index (χ3n) is 3.58. The van der Waals surface area contributed by atoms with Gasteiger partial charge in [0, 0.05) is 24.3 Å². The summed E-state index contributed by atoms with van der Waals surface area (Å²) in [4.78, 5) is 22.4. The predicted molar refractivity (Wildman–Crippen MR) is 83.7 cm³/mol. The molecular weight excluding hydrogens is 286 g/mol. The molecule has 22 heavy (non-hydrogen) atoms. The summed E-state index contributed by atoms with van der Waals surface area (Å²) in [5.41, 5.74) is 1.29. The van der Waals surface area contributed by atoms with Crippen molar-refractivity contribution in [1.82, 2.24) is 10.6 Å². The third kappa shape index (κ3) is 5.00. The molecule has 0 fully saturated rings. The number of nitro groups is 1. The van der Waals surface area contributed by atoms with Crippen LogP contribution in [-0.4, -0.2) is 28.7 Å². The van der Waals surface area contributed by atoms with Crippen LogP contribution in [0.25, 0.3) is 0 Å². The molecule has 2 atom stereocenters. The monoisotopic (exact) mass is 309 g/mol. The Labute approximate surface area is 129 Å². The highest BCUT2D eigenvalue weighted by Crippen LogP contribution is 2.23. The number of carbonyl (C=O) groups is 1. The highest BCUT2D eigenvalue weighted by Gasteiger charge is 2.17. The van der Waals surface area contributed by atoms with Gasteiger partial charge in [-0.2, -0.15) is 0 Å². The minimum absolute atomic E-state index is 0.0124. The molecule has 7 nitrogen and oxygen atoms in total. The van der Waals surface area contributed by atoms with Crippen LogP contribution < -0.4 is 10.6 Å². The summed E-state index contributed by atoms with van der Waals surface area (Å²) in [5.74, 6) is 0. The van der Waals surface area contributed by atoms with Crippen LogP contribution in [0.4, 0.5) is 10.5 Å². The average molecular weight is 309 g/mol. The lowest BCUT2D eigenvalue weighted by atomic mass is 10.0. The Kier molecular flexibility index (Phi) is 6.78. The van der Waals surface area contributed by atoms with Gasteiger partial charge in [-0.1, -0.05) is 19.1 Å². The fourth-order valence-corrected chi connectivity index (χ4v) is 2.13. The van der Waals surface area contributed by atoms with Crippen LogP contribution in [-0.2, 0) is 0 Å². The lowest BCUT2D eigenvalue weighted by Crippen LogP contribution is -2.43. The minimum Gasteiger partial charge on any atom is -0.396 e. The molecule has 3 N–H and O–H groups in total. The van der Waals surface area contributed by atoms with Crippen LogP contribution in [0.1, 0.15) is 43.9 Å². The van der Waals surface area contributed by atoms with Crippen molar-refractivity contribution in [2.24, 2.45) is 0 Å². The van der Waals surface area contributed by atoms with E-state index in [1.54, 1.807) is 26.0 Å². The molecule has 1 aromatic rings. The number of benzene rings is 1. The van der Waals surface area contributed by atoms with Crippen LogP contribution in [0, 0.1) is 17.0 Å². The fourth-order valence-electron chi connectivity index (χ4n) is 2.13. The molecule has 0 radical (unpaired) electrons. The summed E-state index contributed by atoms with van der Waals surface area (Å²) >= 11 is 0. The van der Waals surface area contributed by atoms with Gasteiger partial charge in [-0.25, -0.2) is 4.79 Å². The number of hydrogen-bond acceptors (Lipinski definition) is 4. The lowest BCUT2D eigenvalue weighted by Gasteiger charge is -2.19. The van der Waals surface area contributed by atoms with Gasteiger partial charge in [0.2, 0.25) is 0 Å². The SMILES string of the molecule is CCC(CCO)NC(=O)NC(C)c1ccc(C)c([N+](=O)[O-])c1. The second-order valence-electron chi connectivity index (χ2n) is 5.26. The predicted octanol–water partition coefficient (Wildman–Crippen LogP) is 2.42. The molecule has 1 rings (SSSR count). The van der Waals surface area contributed by atoms with E-state index in [9.17, 15) is 14.9 Å². The standard InChI is InChI=1S/C15H23N3O4/c1-4-13(7-8-19)17-15(20)16-11(3)12-6-5-10(2)14(9-12)18(21)22/h5-6,9,11,13,19H,4,7-8H2,1-3H3,(H2,16,17,20). The van der Waals surface area contributed by atoms with Crippen molar-refractivity contribution in [1.29, 1.82) is 0 Å². The zero-order chi connectivity index (χ0) is 16.7. The maximum atomic E-state index is 11.9. The van der Waals surface area contributed by atoms with E-state index >= 15 is 0 Å². The summed E-state index contributed by atoms with van der Waals surface area (Å²) < 4.78 is 0. The van der Waals surface area contributed by atoms with E-state index in [4.69, 9.17) is 5.11 Å². The largest absolute Gasteiger partial charge is 0.396 e. The molecule has 1 aromatic carbocycles. The van der Waals surface area contributed by atoms with Gasteiger partial charge >= 0.3 is 6.03 Å². The van der Waals surface area contributed by atoms with Crippen LogP contribution >= 0.6 is 0 Å². The number of nitrogens with one attached hydrogen (secondary N) is 2. The smallest absolute Gasteiger partial charge is 0.315 e. The van der Waals surface area contributed by atoms with Crippen molar-refractivity contribution in [2.45, 2.75) is 45.7 Å². The van der Waals surface area contributed by atoms with Gasteiger partial charge in [-0.05, 0) is 32.3 Å². The molecule has 0 saturated carbocycles. The molecule has 0 aromatic heterocycles. The fraction of sp³-hybridized carbons (Fsp3) is 0.533. The first-order chi connectivity index (χ1) is 10.4. The van der Waals surface area contributed by atoms with Crippen LogP contribution in [0.2, 0.25) is 0 Å². The molecular formula is C15H23N3O4. The van der Waals surface area contributed by atoms with E-state index < -0.39 is 4.92 Å². The van der Waals surface area contributed by atoms with Gasteiger partial charge in [-0.15, -0.1) is 0 Å². The van der Waals surface area contributed by atoms with E-state index in [1.807, 2.05) is 6.92 Å². The zero-order valence-corrected chi connectivity index (χ0v) is 13.1. The molecule has 0 aliphatic heterocycles. The molecule has 7 heteroatoms. The van der Waals surface area contributed by atoms with E-state index in [0.717, 1.165) is 6.42 Å². The first-order valence-electron chi connectivity index (χ1n) is 7.31. The second-order valence-corrected chi connectivity index (χ2v) is 5.26. The molecule has 122 valence electrons. The van der Waals surface area contributed by atoms with Crippen LogP contribution in [0.15, 0.2) is 18.2 Å². The Balaban J connectivity index is 2.72. The quantitative estimate of drug-likeness (QED) is 0.531. The molecule has 0 saturated heterocycles. The molecule has 0 spiro atoms. The maximum Gasteiger partial charge on any atom is 0.315 e. The highest BCUT2D eigenvalue weighted by atomic mass is 16.6. The summed E-state index contributed by atoms with van der Waals surface area (Å²) in [6, 6.07) is 4.11. The zero-order valence-electron chi connectivity index (χ0n) is 13.1. The Morgan fingerprint density at radius 3 is 2.64 bits per heavy atom. The van der Waals surface area contributed by atoms with Crippen LogP contribution in [0.3, 0.4) is 0 Å². The summed E-state index contributed by atoms with van der Waals surface area (Å²) in [6.45, 7) is 5.38. The van der Waals surface area contributed by atoms with Crippen molar-refractivity contribution in [2.75, 3.05) is 6.61 Å². The normalized spacial score (nSPS) is 13.3. The topological polar surface area (TPSA) is 104 Å². The van der Waals surface area contributed by atoms with Gasteiger partial charge in [0.05, 0.1) is 11.0 Å². The molecule has 2 unspecified atom stereocenters. The second kappa shape index (κ2) is 8.33. The van der Waals surface area contributed by atoms with Crippen molar-refractivity contribution < 1.29 is 14.8 Å². The van der Waals surface area contributed by atoms with Gasteiger partial charge in [0.25, 0.3) is 5.69 Å². The first-order valence-corrected chi connectivity index (χ1v) is 7.31. The van der Waals surface area contributed by atoms with Gasteiger partial charge in [-0.3, -0.25) is 10.1 Å². The number of nitro benzene ring substituents is 1. The Hall–Kier alpha value is -2.15. The Morgan fingerprint density at radius 1 is 1.41 bits per heavy atom. The van der Waals surface area contributed by atoms with Crippen molar-refractivity contribution in [3.05, 3.63) is 39.4 Å². The maximum absolute atomic E-state index is 11.9. The number of aliphatic hydroxyl groups excluding tert-OH is 1. The molecule has 2 amide bonds. The molecule has 0 bridgehead atoms. The number of carbonyl (C=O) groups excluding carboxylic acids is 1. The number of amides is 2. The number of aliphatic hydroxyl groups is 1. The van der Waals surface area contributed by atoms with Crippen molar-refractivity contribution >= 4 is 11.7 Å². The minimum atomic E-state index is -0.431. The van der Waals surface area contributed by atoms with E-state index in [2.05, 4.69) is 10.6 Å². The summed E-state index contributed by atoms with van der Waals surface area (Å²) in [5, 5.41) is 25.4. The Morgan fingerprint density at radius 2 is 2.09 bits per heavy atom. The van der Waals surface area contributed by atoms with E-state index in [-0.39, 0.29) is 30.4 Å². The Bertz CT molecular complexity index is 534. The number of urea groups is 1. The van der Waals surface area contributed by atoms with Gasteiger partial charge in [0.1, 0.15) is 0 Å². The van der Waals surface area contributed by atoms with E-state index in [0.29, 0.717) is 17.5 Å².